The third-order valence-electron chi connectivity index (χ3n) is 3.28. The summed E-state index contributed by atoms with van der Waals surface area (Å²) >= 11 is 0. The van der Waals surface area contributed by atoms with E-state index in [2.05, 4.69) is 17.4 Å². The van der Waals surface area contributed by atoms with Gasteiger partial charge in [0, 0.05) is 25.2 Å². The van der Waals surface area contributed by atoms with Crippen LogP contribution in [-0.4, -0.2) is 37.3 Å². The fraction of sp³-hybridized carbons (Fsp3) is 0.923. The van der Waals surface area contributed by atoms with Crippen molar-refractivity contribution < 1.29 is 9.94 Å². The van der Waals surface area contributed by atoms with Gasteiger partial charge in [0.15, 0.2) is 0 Å². The summed E-state index contributed by atoms with van der Waals surface area (Å²) < 4.78 is 5.03. The Morgan fingerprint density at radius 3 is 2.67 bits per heavy atom. The van der Waals surface area contributed by atoms with E-state index in [1.807, 2.05) is 13.8 Å². The Hall–Kier alpha value is -0.810. The van der Waals surface area contributed by atoms with E-state index in [0.717, 1.165) is 38.8 Å². The molecule has 5 nitrogen and oxygen atoms in total. The van der Waals surface area contributed by atoms with Gasteiger partial charge in [-0.1, -0.05) is 25.4 Å². The molecule has 4 N–H and O–H groups in total. The fourth-order valence-corrected chi connectivity index (χ4v) is 1.70. The minimum Gasteiger partial charge on any atom is -0.409 e. The van der Waals surface area contributed by atoms with Gasteiger partial charge in [-0.05, 0) is 32.7 Å². The van der Waals surface area contributed by atoms with Crippen LogP contribution < -0.4 is 11.1 Å². The summed E-state index contributed by atoms with van der Waals surface area (Å²) in [5.41, 5.74) is 5.41. The van der Waals surface area contributed by atoms with E-state index in [1.165, 1.54) is 0 Å². The van der Waals surface area contributed by atoms with E-state index >= 15 is 0 Å². The number of rotatable bonds is 10. The number of nitrogens with one attached hydrogen (secondary N) is 1. The predicted molar refractivity (Wildman–Crippen MR) is 75.0 cm³/mol. The Morgan fingerprint density at radius 2 is 2.11 bits per heavy atom. The second-order valence-electron chi connectivity index (χ2n) is 5.46. The maximum Gasteiger partial charge on any atom is 0.144 e. The molecular formula is C13H29N3O2. The zero-order valence-electron chi connectivity index (χ0n) is 12.2. The van der Waals surface area contributed by atoms with Gasteiger partial charge < -0.3 is 21.0 Å². The van der Waals surface area contributed by atoms with Crippen LogP contribution in [0.2, 0.25) is 0 Å². The molecule has 0 radical (unpaired) electrons. The van der Waals surface area contributed by atoms with Crippen molar-refractivity contribution in [1.29, 1.82) is 0 Å². The van der Waals surface area contributed by atoms with Crippen molar-refractivity contribution in [2.24, 2.45) is 16.3 Å². The summed E-state index contributed by atoms with van der Waals surface area (Å²) in [4.78, 5) is 0. The molecule has 0 rings (SSSR count). The number of hydrogen-bond donors (Lipinski definition) is 3. The molecule has 1 unspecified atom stereocenters. The van der Waals surface area contributed by atoms with Crippen molar-refractivity contribution in [1.82, 2.24) is 5.32 Å². The van der Waals surface area contributed by atoms with Crippen LogP contribution in [0.5, 0.6) is 0 Å². The molecule has 0 saturated heterocycles. The van der Waals surface area contributed by atoms with Gasteiger partial charge in [0.25, 0.3) is 0 Å². The monoisotopic (exact) mass is 259 g/mol. The lowest BCUT2D eigenvalue weighted by molar-refractivity contribution is 0.185. The Labute approximate surface area is 111 Å². The zero-order chi connectivity index (χ0) is 14.0. The van der Waals surface area contributed by atoms with Gasteiger partial charge in [0.2, 0.25) is 0 Å². The summed E-state index contributed by atoms with van der Waals surface area (Å²) in [5.74, 6) is 0.309. The maximum atomic E-state index is 8.67. The summed E-state index contributed by atoms with van der Waals surface area (Å²) in [5, 5.41) is 15.2. The quantitative estimate of drug-likeness (QED) is 0.184. The molecule has 0 fully saturated rings. The molecule has 18 heavy (non-hydrogen) atoms. The first-order chi connectivity index (χ1) is 8.44. The Balaban J connectivity index is 3.62. The minimum atomic E-state index is -0.226. The van der Waals surface area contributed by atoms with Crippen molar-refractivity contribution >= 4 is 5.84 Å². The van der Waals surface area contributed by atoms with Crippen LogP contribution in [-0.2, 0) is 4.74 Å². The van der Waals surface area contributed by atoms with Crippen LogP contribution >= 0.6 is 0 Å². The van der Waals surface area contributed by atoms with Gasteiger partial charge in [0.05, 0.1) is 0 Å². The van der Waals surface area contributed by atoms with Gasteiger partial charge in [-0.25, -0.2) is 0 Å². The van der Waals surface area contributed by atoms with E-state index in [0.29, 0.717) is 11.9 Å². The second kappa shape index (κ2) is 9.16. The summed E-state index contributed by atoms with van der Waals surface area (Å²) in [6.07, 6.45) is 4.12. The number of methoxy groups -OCH3 is 1. The molecule has 1 atom stereocenters. The predicted octanol–water partition coefficient (Wildman–Crippen LogP) is 1.94. The van der Waals surface area contributed by atoms with Crippen LogP contribution in [0.3, 0.4) is 0 Å². The third kappa shape index (κ3) is 7.50. The lowest BCUT2D eigenvalue weighted by Crippen LogP contribution is -2.32. The Bertz CT molecular complexity index is 242. The van der Waals surface area contributed by atoms with E-state index in [9.17, 15) is 0 Å². The standard InChI is InChI=1S/C13H29N3O2/c1-11(7-10-18-4)15-9-6-5-8-13(2,3)12(14)16-17/h11,15,17H,5-10H2,1-4H3,(H2,14,16). The lowest BCUT2D eigenvalue weighted by Gasteiger charge is -2.22. The Kier molecular flexibility index (Phi) is 8.75. The van der Waals surface area contributed by atoms with Gasteiger partial charge in [-0.2, -0.15) is 0 Å². The molecule has 0 aliphatic rings. The summed E-state index contributed by atoms with van der Waals surface area (Å²) in [7, 11) is 1.72. The zero-order valence-corrected chi connectivity index (χ0v) is 12.2. The third-order valence-corrected chi connectivity index (χ3v) is 3.28. The number of nitrogens with two attached hydrogens (primary N) is 1. The highest BCUT2D eigenvalue weighted by Crippen LogP contribution is 2.23. The van der Waals surface area contributed by atoms with Crippen molar-refractivity contribution in [2.75, 3.05) is 20.3 Å². The largest absolute Gasteiger partial charge is 0.409 e. The average Bonchev–Trinajstić information content (AvgIpc) is 2.34. The molecule has 0 aliphatic heterocycles. The highest BCUT2D eigenvalue weighted by atomic mass is 16.5. The topological polar surface area (TPSA) is 79.9 Å². The van der Waals surface area contributed by atoms with Crippen molar-refractivity contribution in [3.63, 3.8) is 0 Å². The molecule has 5 heteroatoms. The second-order valence-corrected chi connectivity index (χ2v) is 5.46. The molecular weight excluding hydrogens is 230 g/mol. The normalized spacial score (nSPS) is 14.8. The molecule has 0 aromatic carbocycles. The number of oxime groups is 1. The van der Waals surface area contributed by atoms with Crippen LogP contribution in [0, 0.1) is 5.41 Å². The molecule has 0 aromatic rings. The van der Waals surface area contributed by atoms with Crippen molar-refractivity contribution in [2.45, 2.75) is 52.5 Å². The van der Waals surface area contributed by atoms with Gasteiger partial charge in [0.1, 0.15) is 5.84 Å². The first kappa shape index (κ1) is 17.2. The molecule has 0 aromatic heterocycles. The Morgan fingerprint density at radius 1 is 1.44 bits per heavy atom. The van der Waals surface area contributed by atoms with Crippen LogP contribution in [0.25, 0.3) is 0 Å². The van der Waals surface area contributed by atoms with Crippen LogP contribution in [0.4, 0.5) is 0 Å². The molecule has 0 spiro atoms. The number of amidine groups is 1. The van der Waals surface area contributed by atoms with E-state index in [-0.39, 0.29) is 5.41 Å². The molecule has 0 amide bonds. The highest BCUT2D eigenvalue weighted by molar-refractivity contribution is 5.85. The van der Waals surface area contributed by atoms with Gasteiger partial charge >= 0.3 is 0 Å². The molecule has 0 bridgehead atoms. The molecule has 0 saturated carbocycles. The van der Waals surface area contributed by atoms with E-state index in [4.69, 9.17) is 15.7 Å². The minimum absolute atomic E-state index is 0.226. The van der Waals surface area contributed by atoms with Crippen molar-refractivity contribution in [3.8, 4) is 0 Å². The first-order valence-electron chi connectivity index (χ1n) is 6.64. The molecule has 108 valence electrons. The van der Waals surface area contributed by atoms with Crippen LogP contribution in [0.1, 0.15) is 46.5 Å². The van der Waals surface area contributed by atoms with Gasteiger partial charge in [-0.3, -0.25) is 0 Å². The smallest absolute Gasteiger partial charge is 0.144 e. The number of nitrogens with zero attached hydrogens (tertiary/aromatic N) is 1. The number of hydrogen-bond acceptors (Lipinski definition) is 4. The first-order valence-corrected chi connectivity index (χ1v) is 6.64. The van der Waals surface area contributed by atoms with Gasteiger partial charge in [-0.15, -0.1) is 0 Å². The summed E-state index contributed by atoms with van der Waals surface area (Å²) in [6, 6.07) is 0.488. The highest BCUT2D eigenvalue weighted by Gasteiger charge is 2.22. The average molecular weight is 259 g/mol. The molecule has 0 heterocycles. The van der Waals surface area contributed by atoms with E-state index in [1.54, 1.807) is 7.11 Å². The summed E-state index contributed by atoms with van der Waals surface area (Å²) in [6.45, 7) is 7.95. The SMILES string of the molecule is COCCC(C)NCCCCC(C)(C)C(N)=NO. The van der Waals surface area contributed by atoms with Crippen molar-refractivity contribution in [3.05, 3.63) is 0 Å². The maximum absolute atomic E-state index is 8.67. The van der Waals surface area contributed by atoms with E-state index < -0.39 is 0 Å². The fourth-order valence-electron chi connectivity index (χ4n) is 1.70. The number of unbranched alkanes of at least 4 members (excludes halogenated alkanes) is 1. The number of ether oxygens (including phenoxy) is 1. The lowest BCUT2D eigenvalue weighted by atomic mass is 9.86. The molecule has 0 aliphatic carbocycles. The van der Waals surface area contributed by atoms with Crippen LogP contribution in [0.15, 0.2) is 5.16 Å².